The number of carbonyl (C=O) groups excluding carboxylic acids is 2. The Morgan fingerprint density at radius 1 is 1.11 bits per heavy atom. The summed E-state index contributed by atoms with van der Waals surface area (Å²) in [5.74, 6) is -0.201. The molecule has 1 aliphatic heterocycles. The number of nitrogens with zero attached hydrogens (tertiary/aromatic N) is 1. The van der Waals surface area contributed by atoms with E-state index >= 15 is 0 Å². The molecule has 1 saturated heterocycles. The number of pyridine rings is 2. The number of amides is 2. The Bertz CT molecular complexity index is 1030. The average Bonchev–Trinajstić information content (AvgIpc) is 2.95. The van der Waals surface area contributed by atoms with Crippen LogP contribution < -0.4 is 16.2 Å². The summed E-state index contributed by atoms with van der Waals surface area (Å²) in [4.78, 5) is 56.1. The predicted molar refractivity (Wildman–Crippen MR) is 102 cm³/mol. The molecule has 0 radical (unpaired) electrons. The Hall–Kier alpha value is -3.16. The third-order valence-corrected chi connectivity index (χ3v) is 5.78. The van der Waals surface area contributed by atoms with Gasteiger partial charge in [0.05, 0.1) is 5.54 Å². The van der Waals surface area contributed by atoms with Crippen molar-refractivity contribution in [1.82, 2.24) is 20.2 Å². The summed E-state index contributed by atoms with van der Waals surface area (Å²) in [6.45, 7) is 0.926. The summed E-state index contributed by atoms with van der Waals surface area (Å²) in [7, 11) is 0. The van der Waals surface area contributed by atoms with Crippen LogP contribution in [0.4, 0.5) is 0 Å². The van der Waals surface area contributed by atoms with Crippen LogP contribution in [0.5, 0.6) is 0 Å². The van der Waals surface area contributed by atoms with Crippen LogP contribution in [0.3, 0.4) is 0 Å². The Balaban J connectivity index is 1.56. The number of nitrogens with one attached hydrogen (secondary N) is 3. The highest BCUT2D eigenvalue weighted by molar-refractivity contribution is 5.94. The van der Waals surface area contributed by atoms with Crippen molar-refractivity contribution in [3.05, 3.63) is 68.5 Å². The van der Waals surface area contributed by atoms with Crippen molar-refractivity contribution in [3.63, 3.8) is 0 Å². The van der Waals surface area contributed by atoms with Crippen LogP contribution in [-0.4, -0.2) is 45.3 Å². The molecular weight excluding hydrogens is 360 g/mol. The fourth-order valence-corrected chi connectivity index (χ4v) is 4.50. The smallest absolute Gasteiger partial charge is 0.270 e. The zero-order valence-electron chi connectivity index (χ0n) is 15.4. The molecule has 2 amide bonds. The molecule has 2 fully saturated rings. The summed E-state index contributed by atoms with van der Waals surface area (Å²) in [5, 5.41) is 2.89. The first kappa shape index (κ1) is 18.2. The Morgan fingerprint density at radius 3 is 2.50 bits per heavy atom. The third-order valence-electron chi connectivity index (χ3n) is 5.78. The van der Waals surface area contributed by atoms with Crippen LogP contribution in [-0.2, 0) is 0 Å². The largest absolute Gasteiger partial charge is 0.357 e. The van der Waals surface area contributed by atoms with Crippen molar-refractivity contribution < 1.29 is 9.59 Å². The zero-order chi connectivity index (χ0) is 19.7. The summed E-state index contributed by atoms with van der Waals surface area (Å²) < 4.78 is 0. The Kier molecular flexibility index (Phi) is 4.62. The van der Waals surface area contributed by atoms with E-state index in [1.165, 1.54) is 36.7 Å². The Labute approximate surface area is 161 Å². The maximum absolute atomic E-state index is 13.1. The van der Waals surface area contributed by atoms with Gasteiger partial charge in [0.2, 0.25) is 0 Å². The quantitative estimate of drug-likeness (QED) is 0.728. The van der Waals surface area contributed by atoms with Gasteiger partial charge in [0.1, 0.15) is 11.4 Å². The van der Waals surface area contributed by atoms with E-state index in [4.69, 9.17) is 0 Å². The van der Waals surface area contributed by atoms with Crippen molar-refractivity contribution in [2.75, 3.05) is 13.1 Å². The molecule has 1 aliphatic carbocycles. The molecule has 3 N–H and O–H groups in total. The third kappa shape index (κ3) is 3.37. The summed E-state index contributed by atoms with van der Waals surface area (Å²) in [5.41, 5.74) is -0.486. The van der Waals surface area contributed by atoms with Gasteiger partial charge in [-0.3, -0.25) is 19.2 Å². The van der Waals surface area contributed by atoms with Gasteiger partial charge in [-0.2, -0.15) is 0 Å². The Morgan fingerprint density at radius 2 is 1.79 bits per heavy atom. The molecule has 146 valence electrons. The molecule has 4 rings (SSSR count). The molecule has 8 heteroatoms. The van der Waals surface area contributed by atoms with Gasteiger partial charge in [0.25, 0.3) is 11.8 Å². The number of carbonyl (C=O) groups is 2. The van der Waals surface area contributed by atoms with Crippen LogP contribution in [0.25, 0.3) is 0 Å². The van der Waals surface area contributed by atoms with Crippen molar-refractivity contribution in [3.8, 4) is 0 Å². The number of H-pyrrole nitrogens is 2. The molecule has 28 heavy (non-hydrogen) atoms. The fourth-order valence-electron chi connectivity index (χ4n) is 4.50. The van der Waals surface area contributed by atoms with Gasteiger partial charge in [-0.05, 0) is 25.2 Å². The molecule has 1 saturated carbocycles. The van der Waals surface area contributed by atoms with Gasteiger partial charge in [0, 0.05) is 49.7 Å². The number of hydrogen-bond acceptors (Lipinski definition) is 4. The molecule has 2 bridgehead atoms. The van der Waals surface area contributed by atoms with Gasteiger partial charge in [-0.1, -0.05) is 6.42 Å². The molecule has 2 unspecified atom stereocenters. The van der Waals surface area contributed by atoms with E-state index in [-0.39, 0.29) is 34.1 Å². The summed E-state index contributed by atoms with van der Waals surface area (Å²) in [6, 6.07) is 5.28. The van der Waals surface area contributed by atoms with E-state index in [0.717, 1.165) is 25.7 Å². The molecule has 8 nitrogen and oxygen atoms in total. The molecule has 0 aromatic carbocycles. The van der Waals surface area contributed by atoms with E-state index in [2.05, 4.69) is 15.3 Å². The minimum Gasteiger partial charge on any atom is -0.357 e. The molecule has 2 aromatic rings. The van der Waals surface area contributed by atoms with E-state index in [0.29, 0.717) is 19.0 Å². The van der Waals surface area contributed by atoms with Crippen LogP contribution in [0.2, 0.25) is 0 Å². The average molecular weight is 382 g/mol. The highest BCUT2D eigenvalue weighted by atomic mass is 16.2. The fraction of sp³-hybridized carbons (Fsp3) is 0.400. The lowest BCUT2D eigenvalue weighted by Gasteiger charge is -2.39. The van der Waals surface area contributed by atoms with E-state index in [1.807, 2.05) is 4.90 Å². The minimum absolute atomic E-state index is 0.194. The summed E-state index contributed by atoms with van der Waals surface area (Å²) >= 11 is 0. The monoisotopic (exact) mass is 382 g/mol. The maximum Gasteiger partial charge on any atom is 0.270 e. The van der Waals surface area contributed by atoms with Crippen molar-refractivity contribution in [2.45, 2.75) is 31.2 Å². The van der Waals surface area contributed by atoms with Crippen molar-refractivity contribution in [2.24, 2.45) is 5.92 Å². The lowest BCUT2D eigenvalue weighted by atomic mass is 9.79. The second-order valence-electron chi connectivity index (χ2n) is 7.66. The SMILES string of the molecule is O=C(NCC12CCCC(CN1C(=O)c1cc(=O)cc[nH]1)C2)c1cc(=O)cc[nH]1. The second kappa shape index (κ2) is 7.10. The molecule has 2 aliphatic rings. The van der Waals surface area contributed by atoms with E-state index in [9.17, 15) is 19.2 Å². The molecule has 0 spiro atoms. The minimum atomic E-state index is -0.475. The maximum atomic E-state index is 13.1. The van der Waals surface area contributed by atoms with Crippen molar-refractivity contribution >= 4 is 11.8 Å². The topological polar surface area (TPSA) is 115 Å². The number of aromatic amines is 2. The van der Waals surface area contributed by atoms with Gasteiger partial charge in [0.15, 0.2) is 10.9 Å². The molecule has 2 aromatic heterocycles. The highest BCUT2D eigenvalue weighted by Crippen LogP contribution is 2.44. The first-order valence-electron chi connectivity index (χ1n) is 9.44. The van der Waals surface area contributed by atoms with E-state index in [1.54, 1.807) is 0 Å². The predicted octanol–water partition coefficient (Wildman–Crippen LogP) is 0.878. The number of fused-ring (bicyclic) bond motifs is 2. The lowest BCUT2D eigenvalue weighted by Crippen LogP contribution is -2.54. The standard InChI is InChI=1S/C20H22N4O4/c25-14-3-6-21-16(8-14)18(27)23-12-20-5-1-2-13(10-20)11-24(20)19(28)17-9-15(26)4-7-22-17/h3-4,6-9,13H,1-2,5,10-12H2,(H,21,25)(H,22,26)(H,23,27). The summed E-state index contributed by atoms with van der Waals surface area (Å²) in [6.07, 6.45) is 6.55. The lowest BCUT2D eigenvalue weighted by molar-refractivity contribution is 0.0551. The van der Waals surface area contributed by atoms with Gasteiger partial charge in [-0.25, -0.2) is 0 Å². The van der Waals surface area contributed by atoms with Crippen molar-refractivity contribution in [1.29, 1.82) is 0 Å². The first-order valence-corrected chi connectivity index (χ1v) is 9.44. The van der Waals surface area contributed by atoms with Crippen LogP contribution in [0.15, 0.2) is 46.2 Å². The van der Waals surface area contributed by atoms with Crippen LogP contribution >= 0.6 is 0 Å². The first-order chi connectivity index (χ1) is 13.5. The van der Waals surface area contributed by atoms with Gasteiger partial charge >= 0.3 is 0 Å². The molecule has 2 atom stereocenters. The van der Waals surface area contributed by atoms with Gasteiger partial charge in [-0.15, -0.1) is 0 Å². The zero-order valence-corrected chi connectivity index (χ0v) is 15.4. The van der Waals surface area contributed by atoms with Gasteiger partial charge < -0.3 is 20.2 Å². The second-order valence-corrected chi connectivity index (χ2v) is 7.66. The van der Waals surface area contributed by atoms with Crippen LogP contribution in [0, 0.1) is 5.92 Å². The number of rotatable bonds is 4. The normalized spacial score (nSPS) is 23.4. The highest BCUT2D eigenvalue weighted by Gasteiger charge is 2.50. The number of aromatic nitrogens is 2. The molecule has 3 heterocycles. The number of likely N-dealkylation sites (tertiary alicyclic amines) is 1. The van der Waals surface area contributed by atoms with Crippen LogP contribution in [0.1, 0.15) is 46.7 Å². The number of hydrogen-bond donors (Lipinski definition) is 3. The molecular formula is C20H22N4O4. The van der Waals surface area contributed by atoms with E-state index < -0.39 is 5.54 Å².